The van der Waals surface area contributed by atoms with E-state index in [1.54, 1.807) is 34.9 Å². The molecule has 0 bridgehead atoms. The predicted molar refractivity (Wildman–Crippen MR) is 105 cm³/mol. The Kier molecular flexibility index (Phi) is 6.66. The SMILES string of the molecule is O=C(CSc1ncc(CO)n1Cc1cccc(C(F)(F)F)c1)c1ccc(Cl)cc1. The highest BCUT2D eigenvalue weighted by molar-refractivity contribution is 7.99. The summed E-state index contributed by atoms with van der Waals surface area (Å²) in [5, 5.41) is 10.5. The number of nitrogens with zero attached hydrogens (tertiary/aromatic N) is 2. The second-order valence-electron chi connectivity index (χ2n) is 6.19. The monoisotopic (exact) mass is 440 g/mol. The zero-order valence-corrected chi connectivity index (χ0v) is 16.6. The van der Waals surface area contributed by atoms with Crippen LogP contribution in [0.4, 0.5) is 13.2 Å². The van der Waals surface area contributed by atoms with E-state index < -0.39 is 11.7 Å². The van der Waals surface area contributed by atoms with Gasteiger partial charge in [-0.05, 0) is 42.0 Å². The lowest BCUT2D eigenvalue weighted by Crippen LogP contribution is -2.10. The number of alkyl halides is 3. The molecule has 0 saturated carbocycles. The van der Waals surface area contributed by atoms with Gasteiger partial charge in [0, 0.05) is 17.1 Å². The largest absolute Gasteiger partial charge is 0.416 e. The zero-order chi connectivity index (χ0) is 21.0. The Morgan fingerprint density at radius 1 is 1.17 bits per heavy atom. The number of hydrogen-bond donors (Lipinski definition) is 1. The molecule has 2 aromatic carbocycles. The van der Waals surface area contributed by atoms with Crippen molar-refractivity contribution in [1.29, 1.82) is 0 Å². The highest BCUT2D eigenvalue weighted by Crippen LogP contribution is 2.30. The minimum absolute atomic E-state index is 0.0894. The minimum atomic E-state index is -4.44. The van der Waals surface area contributed by atoms with Gasteiger partial charge in [-0.1, -0.05) is 35.5 Å². The lowest BCUT2D eigenvalue weighted by molar-refractivity contribution is -0.137. The van der Waals surface area contributed by atoms with E-state index in [1.807, 2.05) is 0 Å². The number of halogens is 4. The van der Waals surface area contributed by atoms with E-state index in [1.165, 1.54) is 12.3 Å². The number of aliphatic hydroxyl groups excluding tert-OH is 1. The molecule has 0 atom stereocenters. The number of hydrogen-bond acceptors (Lipinski definition) is 4. The van der Waals surface area contributed by atoms with Crippen LogP contribution >= 0.6 is 23.4 Å². The van der Waals surface area contributed by atoms with E-state index in [4.69, 9.17) is 11.6 Å². The minimum Gasteiger partial charge on any atom is -0.390 e. The van der Waals surface area contributed by atoms with Crippen LogP contribution in [0.25, 0.3) is 0 Å². The van der Waals surface area contributed by atoms with Gasteiger partial charge in [0.05, 0.1) is 29.8 Å². The first kappa shape index (κ1) is 21.4. The summed E-state index contributed by atoms with van der Waals surface area (Å²) in [6.45, 7) is -0.227. The Morgan fingerprint density at radius 2 is 1.90 bits per heavy atom. The summed E-state index contributed by atoms with van der Waals surface area (Å²) in [6, 6.07) is 11.5. The first-order valence-electron chi connectivity index (χ1n) is 8.51. The van der Waals surface area contributed by atoms with Gasteiger partial charge >= 0.3 is 6.18 Å². The van der Waals surface area contributed by atoms with Crippen LogP contribution in [0.1, 0.15) is 27.2 Å². The van der Waals surface area contributed by atoms with Gasteiger partial charge in [0.25, 0.3) is 0 Å². The van der Waals surface area contributed by atoms with Crippen LogP contribution in [0.15, 0.2) is 59.9 Å². The molecule has 0 fully saturated rings. The third-order valence-electron chi connectivity index (χ3n) is 4.16. The Labute approximate surface area is 174 Å². The van der Waals surface area contributed by atoms with E-state index >= 15 is 0 Å². The second-order valence-corrected chi connectivity index (χ2v) is 7.57. The average Bonchev–Trinajstić information content (AvgIpc) is 3.08. The smallest absolute Gasteiger partial charge is 0.390 e. The fraction of sp³-hybridized carbons (Fsp3) is 0.200. The summed E-state index contributed by atoms with van der Waals surface area (Å²) in [5.41, 5.74) is 0.621. The van der Waals surface area contributed by atoms with Crippen molar-refractivity contribution in [2.75, 3.05) is 5.75 Å². The summed E-state index contributed by atoms with van der Waals surface area (Å²) in [7, 11) is 0. The molecule has 3 aromatic rings. The molecule has 0 aliphatic carbocycles. The highest BCUT2D eigenvalue weighted by Gasteiger charge is 2.30. The quantitative estimate of drug-likeness (QED) is 0.411. The van der Waals surface area contributed by atoms with E-state index in [2.05, 4.69) is 4.98 Å². The molecule has 0 spiro atoms. The van der Waals surface area contributed by atoms with Gasteiger partial charge in [-0.2, -0.15) is 13.2 Å². The van der Waals surface area contributed by atoms with Gasteiger partial charge in [-0.15, -0.1) is 0 Å². The van der Waals surface area contributed by atoms with Gasteiger partial charge in [0.2, 0.25) is 0 Å². The van der Waals surface area contributed by atoms with Crippen LogP contribution in [0.5, 0.6) is 0 Å². The summed E-state index contributed by atoms with van der Waals surface area (Å²) in [5.74, 6) is -0.0441. The van der Waals surface area contributed by atoms with E-state index in [0.717, 1.165) is 23.9 Å². The lowest BCUT2D eigenvalue weighted by atomic mass is 10.1. The van der Waals surface area contributed by atoms with Gasteiger partial charge in [0.15, 0.2) is 10.9 Å². The molecule has 1 aromatic heterocycles. The molecule has 9 heteroatoms. The standard InChI is InChI=1S/C20H16ClF3N2O2S/c21-16-6-4-14(5-7-16)18(28)12-29-19-25-9-17(11-27)26(19)10-13-2-1-3-15(8-13)20(22,23)24/h1-9,27H,10-12H2. The maximum atomic E-state index is 13.0. The maximum absolute atomic E-state index is 13.0. The molecule has 0 aliphatic heterocycles. The van der Waals surface area contributed by atoms with Crippen LogP contribution < -0.4 is 0 Å². The molecule has 1 N–H and O–H groups in total. The maximum Gasteiger partial charge on any atom is 0.416 e. The van der Waals surface area contributed by atoms with Crippen molar-refractivity contribution in [1.82, 2.24) is 9.55 Å². The molecule has 4 nitrogen and oxygen atoms in total. The van der Waals surface area contributed by atoms with E-state index in [0.29, 0.717) is 27.0 Å². The van der Waals surface area contributed by atoms with Gasteiger partial charge < -0.3 is 9.67 Å². The molecule has 3 rings (SSSR count). The first-order chi connectivity index (χ1) is 13.8. The number of aliphatic hydroxyl groups is 1. The number of benzene rings is 2. The summed E-state index contributed by atoms with van der Waals surface area (Å²) < 4.78 is 40.5. The summed E-state index contributed by atoms with van der Waals surface area (Å²) in [4.78, 5) is 16.6. The lowest BCUT2D eigenvalue weighted by Gasteiger charge is -2.13. The molecule has 0 radical (unpaired) electrons. The van der Waals surface area contributed by atoms with Gasteiger partial charge in [0.1, 0.15) is 0 Å². The number of Topliss-reactive ketones (excluding diaryl/α,β-unsaturated/α-hetero) is 1. The average molecular weight is 441 g/mol. The zero-order valence-electron chi connectivity index (χ0n) is 15.0. The van der Waals surface area contributed by atoms with Crippen molar-refractivity contribution in [3.63, 3.8) is 0 Å². The second kappa shape index (κ2) is 9.02. The van der Waals surface area contributed by atoms with Crippen molar-refractivity contribution in [3.05, 3.63) is 82.1 Å². The Balaban J connectivity index is 1.77. The van der Waals surface area contributed by atoms with Crippen LogP contribution in [0, 0.1) is 0 Å². The Morgan fingerprint density at radius 3 is 2.55 bits per heavy atom. The van der Waals surface area contributed by atoms with Crippen molar-refractivity contribution in [3.8, 4) is 0 Å². The molecular formula is C20H16ClF3N2O2S. The molecule has 0 saturated heterocycles. The van der Waals surface area contributed by atoms with Crippen LogP contribution in [0.3, 0.4) is 0 Å². The summed E-state index contributed by atoms with van der Waals surface area (Å²) in [6.07, 6.45) is -2.99. The fourth-order valence-corrected chi connectivity index (χ4v) is 3.70. The number of carbonyl (C=O) groups excluding carboxylic acids is 1. The summed E-state index contributed by atoms with van der Waals surface area (Å²) >= 11 is 6.98. The topological polar surface area (TPSA) is 55.1 Å². The predicted octanol–water partition coefficient (Wildman–Crippen LogP) is 5.07. The van der Waals surface area contributed by atoms with Crippen molar-refractivity contribution in [2.45, 2.75) is 24.5 Å². The number of thioether (sulfide) groups is 1. The molecule has 0 amide bonds. The molecule has 0 unspecified atom stereocenters. The van der Waals surface area contributed by atoms with E-state index in [-0.39, 0.29) is 24.7 Å². The van der Waals surface area contributed by atoms with E-state index in [9.17, 15) is 23.1 Å². The first-order valence-corrected chi connectivity index (χ1v) is 9.87. The molecule has 29 heavy (non-hydrogen) atoms. The molecule has 0 aliphatic rings. The Bertz CT molecular complexity index is 1000. The fourth-order valence-electron chi connectivity index (χ4n) is 2.68. The highest BCUT2D eigenvalue weighted by atomic mass is 35.5. The van der Waals surface area contributed by atoms with Gasteiger partial charge in [-0.25, -0.2) is 4.98 Å². The van der Waals surface area contributed by atoms with Crippen molar-refractivity contribution >= 4 is 29.1 Å². The van der Waals surface area contributed by atoms with Crippen LogP contribution in [-0.4, -0.2) is 26.2 Å². The number of imidazole rings is 1. The van der Waals surface area contributed by atoms with Crippen molar-refractivity contribution < 1.29 is 23.1 Å². The molecular weight excluding hydrogens is 425 g/mol. The molecule has 1 heterocycles. The van der Waals surface area contributed by atoms with Crippen LogP contribution in [-0.2, 0) is 19.3 Å². The van der Waals surface area contributed by atoms with Crippen LogP contribution in [0.2, 0.25) is 5.02 Å². The Hall–Kier alpha value is -2.29. The van der Waals surface area contributed by atoms with Crippen molar-refractivity contribution in [2.24, 2.45) is 0 Å². The number of ketones is 1. The normalized spacial score (nSPS) is 11.6. The third kappa shape index (κ3) is 5.41. The third-order valence-corrected chi connectivity index (χ3v) is 5.40. The molecule has 152 valence electrons. The van der Waals surface area contributed by atoms with Gasteiger partial charge in [-0.3, -0.25) is 4.79 Å². The number of aromatic nitrogens is 2. The number of carbonyl (C=O) groups is 1. The number of rotatable bonds is 7.